The summed E-state index contributed by atoms with van der Waals surface area (Å²) >= 11 is 0. The summed E-state index contributed by atoms with van der Waals surface area (Å²) in [6.07, 6.45) is 10.8. The van der Waals surface area contributed by atoms with Crippen molar-refractivity contribution in [1.29, 1.82) is 0 Å². The molecule has 1 aliphatic heterocycles. The summed E-state index contributed by atoms with van der Waals surface area (Å²) in [5.74, 6) is 0.960. The minimum absolute atomic E-state index is 0.0459. The van der Waals surface area contributed by atoms with E-state index < -0.39 is 0 Å². The van der Waals surface area contributed by atoms with Crippen LogP contribution in [0.5, 0.6) is 0 Å². The van der Waals surface area contributed by atoms with Gasteiger partial charge in [0, 0.05) is 45.3 Å². The number of hydrogen-bond donors (Lipinski definition) is 0. The Morgan fingerprint density at radius 3 is 2.96 bits per heavy atom. The third-order valence-corrected chi connectivity index (χ3v) is 4.25. The van der Waals surface area contributed by atoms with Crippen molar-refractivity contribution in [2.24, 2.45) is 0 Å². The second kappa shape index (κ2) is 7.25. The van der Waals surface area contributed by atoms with E-state index >= 15 is 0 Å². The molecule has 0 N–H and O–H groups in total. The van der Waals surface area contributed by atoms with E-state index in [0.717, 1.165) is 36.3 Å². The summed E-state index contributed by atoms with van der Waals surface area (Å²) in [5, 5.41) is 0. The molecule has 1 aliphatic rings. The molecule has 5 heteroatoms. The van der Waals surface area contributed by atoms with Crippen LogP contribution in [0.15, 0.2) is 48.9 Å². The molecule has 0 radical (unpaired) electrons. The summed E-state index contributed by atoms with van der Waals surface area (Å²) in [7, 11) is 3.95. The molecule has 1 unspecified atom stereocenters. The van der Waals surface area contributed by atoms with Crippen molar-refractivity contribution in [2.45, 2.75) is 18.9 Å². The second-order valence-corrected chi connectivity index (χ2v) is 6.15. The van der Waals surface area contributed by atoms with Gasteiger partial charge in [0.15, 0.2) is 0 Å². The standard InChI is InChI=1S/C19H22N4O/c1-22(2)18-13-16(9-11-21-18)17-6-4-12-23(17)19(24)8-7-15-5-3-10-20-14-15/h3,5,7-11,13-14,17H,4,6,12H2,1-2H3. The Balaban J connectivity index is 1.76. The van der Waals surface area contributed by atoms with Crippen LogP contribution in [0.4, 0.5) is 5.82 Å². The predicted molar refractivity (Wildman–Crippen MR) is 95.5 cm³/mol. The molecule has 124 valence electrons. The quantitative estimate of drug-likeness (QED) is 0.812. The molecule has 5 nitrogen and oxygen atoms in total. The van der Waals surface area contributed by atoms with Crippen LogP contribution in [0, 0.1) is 0 Å². The van der Waals surface area contributed by atoms with Crippen LogP contribution in [0.25, 0.3) is 6.08 Å². The van der Waals surface area contributed by atoms with Gasteiger partial charge in [0.1, 0.15) is 5.82 Å². The lowest BCUT2D eigenvalue weighted by molar-refractivity contribution is -0.126. The van der Waals surface area contributed by atoms with E-state index in [2.05, 4.69) is 16.0 Å². The third kappa shape index (κ3) is 3.62. The first-order valence-corrected chi connectivity index (χ1v) is 8.17. The van der Waals surface area contributed by atoms with Gasteiger partial charge >= 0.3 is 0 Å². The molecule has 0 saturated carbocycles. The number of hydrogen-bond acceptors (Lipinski definition) is 4. The lowest BCUT2D eigenvalue weighted by atomic mass is 10.1. The lowest BCUT2D eigenvalue weighted by Crippen LogP contribution is -2.29. The molecule has 0 aliphatic carbocycles. The van der Waals surface area contributed by atoms with Gasteiger partial charge in [0.25, 0.3) is 0 Å². The maximum Gasteiger partial charge on any atom is 0.247 e. The highest BCUT2D eigenvalue weighted by molar-refractivity contribution is 5.92. The van der Waals surface area contributed by atoms with Gasteiger partial charge in [-0.15, -0.1) is 0 Å². The van der Waals surface area contributed by atoms with Crippen molar-refractivity contribution < 1.29 is 4.79 Å². The summed E-state index contributed by atoms with van der Waals surface area (Å²) in [6, 6.07) is 8.00. The summed E-state index contributed by atoms with van der Waals surface area (Å²) < 4.78 is 0. The minimum atomic E-state index is 0.0459. The van der Waals surface area contributed by atoms with Gasteiger partial charge in [-0.2, -0.15) is 0 Å². The van der Waals surface area contributed by atoms with Crippen molar-refractivity contribution in [3.8, 4) is 0 Å². The van der Waals surface area contributed by atoms with Crippen LogP contribution in [-0.4, -0.2) is 41.4 Å². The molecular weight excluding hydrogens is 300 g/mol. The van der Waals surface area contributed by atoms with E-state index in [1.54, 1.807) is 18.5 Å². The highest BCUT2D eigenvalue weighted by Gasteiger charge is 2.29. The topological polar surface area (TPSA) is 49.3 Å². The Hall–Kier alpha value is -2.69. The van der Waals surface area contributed by atoms with Crippen molar-refractivity contribution >= 4 is 17.8 Å². The predicted octanol–water partition coefficient (Wildman–Crippen LogP) is 2.92. The van der Waals surface area contributed by atoms with Gasteiger partial charge in [-0.05, 0) is 48.2 Å². The van der Waals surface area contributed by atoms with Crippen LogP contribution in [0.1, 0.15) is 30.0 Å². The Labute approximate surface area is 142 Å². The Morgan fingerprint density at radius 2 is 2.21 bits per heavy atom. The summed E-state index contributed by atoms with van der Waals surface area (Å²) in [6.45, 7) is 0.792. The van der Waals surface area contributed by atoms with Crippen LogP contribution < -0.4 is 4.90 Å². The van der Waals surface area contributed by atoms with E-state index in [1.807, 2.05) is 54.4 Å². The third-order valence-electron chi connectivity index (χ3n) is 4.25. The average molecular weight is 322 g/mol. The zero-order valence-corrected chi connectivity index (χ0v) is 14.1. The lowest BCUT2D eigenvalue weighted by Gasteiger charge is -2.24. The van der Waals surface area contributed by atoms with Crippen LogP contribution in [0.3, 0.4) is 0 Å². The molecule has 1 saturated heterocycles. The molecule has 3 rings (SSSR count). The Morgan fingerprint density at radius 1 is 1.33 bits per heavy atom. The number of nitrogens with zero attached hydrogens (tertiary/aromatic N) is 4. The number of likely N-dealkylation sites (tertiary alicyclic amines) is 1. The Bertz CT molecular complexity index is 727. The first kappa shape index (κ1) is 16.2. The Kier molecular flexibility index (Phi) is 4.89. The number of anilines is 1. The number of carbonyl (C=O) groups excluding carboxylic acids is 1. The van der Waals surface area contributed by atoms with Gasteiger partial charge in [0.05, 0.1) is 6.04 Å². The van der Waals surface area contributed by atoms with E-state index in [9.17, 15) is 4.79 Å². The first-order valence-electron chi connectivity index (χ1n) is 8.17. The van der Waals surface area contributed by atoms with Gasteiger partial charge in [-0.3, -0.25) is 9.78 Å². The van der Waals surface area contributed by atoms with E-state index in [0.29, 0.717) is 0 Å². The number of amides is 1. The molecule has 24 heavy (non-hydrogen) atoms. The van der Waals surface area contributed by atoms with Crippen molar-refractivity contribution in [2.75, 3.05) is 25.5 Å². The summed E-state index contributed by atoms with van der Waals surface area (Å²) in [4.78, 5) is 25.0. The van der Waals surface area contributed by atoms with Crippen LogP contribution in [-0.2, 0) is 4.79 Å². The molecule has 1 atom stereocenters. The zero-order valence-electron chi connectivity index (χ0n) is 14.1. The maximum atomic E-state index is 12.6. The van der Waals surface area contributed by atoms with Gasteiger partial charge in [0.2, 0.25) is 5.91 Å². The highest BCUT2D eigenvalue weighted by atomic mass is 16.2. The number of rotatable bonds is 4. The summed E-state index contributed by atoms with van der Waals surface area (Å²) in [5.41, 5.74) is 2.08. The molecule has 1 amide bonds. The van der Waals surface area contributed by atoms with Crippen LogP contribution >= 0.6 is 0 Å². The molecule has 2 aromatic heterocycles. The van der Waals surface area contributed by atoms with E-state index in [4.69, 9.17) is 0 Å². The zero-order chi connectivity index (χ0) is 16.9. The smallest absolute Gasteiger partial charge is 0.247 e. The molecule has 0 bridgehead atoms. The van der Waals surface area contributed by atoms with Crippen molar-refractivity contribution in [3.63, 3.8) is 0 Å². The van der Waals surface area contributed by atoms with Crippen molar-refractivity contribution in [1.82, 2.24) is 14.9 Å². The van der Waals surface area contributed by atoms with Gasteiger partial charge in [-0.1, -0.05) is 6.07 Å². The second-order valence-electron chi connectivity index (χ2n) is 6.15. The number of pyridine rings is 2. The highest BCUT2D eigenvalue weighted by Crippen LogP contribution is 2.33. The largest absolute Gasteiger partial charge is 0.363 e. The molecule has 3 heterocycles. The maximum absolute atomic E-state index is 12.6. The normalized spacial score (nSPS) is 17.4. The van der Waals surface area contributed by atoms with E-state index in [1.165, 1.54) is 0 Å². The SMILES string of the molecule is CN(C)c1cc(C2CCCN2C(=O)C=Cc2cccnc2)ccn1. The molecular formula is C19H22N4O. The fourth-order valence-corrected chi connectivity index (χ4v) is 3.00. The average Bonchev–Trinajstić information content (AvgIpc) is 3.10. The molecule has 0 aromatic carbocycles. The van der Waals surface area contributed by atoms with E-state index in [-0.39, 0.29) is 11.9 Å². The van der Waals surface area contributed by atoms with Gasteiger partial charge < -0.3 is 9.80 Å². The molecule has 1 fully saturated rings. The number of aromatic nitrogens is 2. The van der Waals surface area contributed by atoms with Gasteiger partial charge in [-0.25, -0.2) is 4.98 Å². The fourth-order valence-electron chi connectivity index (χ4n) is 3.00. The first-order chi connectivity index (χ1) is 11.6. The van der Waals surface area contributed by atoms with Crippen LogP contribution in [0.2, 0.25) is 0 Å². The minimum Gasteiger partial charge on any atom is -0.363 e. The molecule has 0 spiro atoms. The number of carbonyl (C=O) groups is 1. The monoisotopic (exact) mass is 322 g/mol. The fraction of sp³-hybridized carbons (Fsp3) is 0.316. The van der Waals surface area contributed by atoms with Crippen molar-refractivity contribution in [3.05, 3.63) is 60.1 Å². The molecule has 2 aromatic rings.